The third-order valence-electron chi connectivity index (χ3n) is 4.00. The maximum Gasteiger partial charge on any atom is 0.119 e. The molecule has 1 aliphatic rings. The van der Waals surface area contributed by atoms with Gasteiger partial charge in [-0.05, 0) is 44.0 Å². The van der Waals surface area contributed by atoms with Gasteiger partial charge in [-0.15, -0.1) is 0 Å². The standard InChI is InChI=1S/C17H23N3O/c1-14-5-4-6-15(11-14)21-10-9-20-13-18-12-17(20)16-7-2-3-8-19-16/h4-6,11-13,16,19H,2-3,7-10H2,1H3. The number of aryl methyl sites for hydroxylation is 1. The second-order valence-corrected chi connectivity index (χ2v) is 5.68. The van der Waals surface area contributed by atoms with Gasteiger partial charge < -0.3 is 14.6 Å². The van der Waals surface area contributed by atoms with Gasteiger partial charge in [0.15, 0.2) is 0 Å². The summed E-state index contributed by atoms with van der Waals surface area (Å²) in [6, 6.07) is 8.62. The van der Waals surface area contributed by atoms with Crippen LogP contribution in [0.2, 0.25) is 0 Å². The molecular formula is C17H23N3O. The van der Waals surface area contributed by atoms with Gasteiger partial charge in [-0.2, -0.15) is 0 Å². The number of nitrogens with zero attached hydrogens (tertiary/aromatic N) is 2. The number of ether oxygens (including phenoxy) is 1. The highest BCUT2D eigenvalue weighted by atomic mass is 16.5. The molecule has 0 aliphatic carbocycles. The van der Waals surface area contributed by atoms with E-state index < -0.39 is 0 Å². The predicted molar refractivity (Wildman–Crippen MR) is 83.5 cm³/mol. The fourth-order valence-corrected chi connectivity index (χ4v) is 2.88. The Labute approximate surface area is 126 Å². The van der Waals surface area contributed by atoms with E-state index >= 15 is 0 Å². The summed E-state index contributed by atoms with van der Waals surface area (Å²) in [5.41, 5.74) is 2.50. The smallest absolute Gasteiger partial charge is 0.119 e. The van der Waals surface area contributed by atoms with Gasteiger partial charge in [-0.1, -0.05) is 18.6 Å². The summed E-state index contributed by atoms with van der Waals surface area (Å²) in [5, 5.41) is 3.58. The quantitative estimate of drug-likeness (QED) is 0.917. The molecule has 3 rings (SSSR count). The minimum Gasteiger partial charge on any atom is -0.492 e. The average molecular weight is 285 g/mol. The van der Waals surface area contributed by atoms with E-state index in [1.807, 2.05) is 24.7 Å². The van der Waals surface area contributed by atoms with Crippen molar-refractivity contribution in [3.8, 4) is 5.75 Å². The van der Waals surface area contributed by atoms with Gasteiger partial charge in [0.1, 0.15) is 12.4 Å². The van der Waals surface area contributed by atoms with Crippen LogP contribution in [0.4, 0.5) is 0 Å². The van der Waals surface area contributed by atoms with Crippen LogP contribution < -0.4 is 10.1 Å². The monoisotopic (exact) mass is 285 g/mol. The van der Waals surface area contributed by atoms with Crippen LogP contribution in [-0.4, -0.2) is 22.7 Å². The number of nitrogens with one attached hydrogen (secondary N) is 1. The van der Waals surface area contributed by atoms with Gasteiger partial charge in [0.25, 0.3) is 0 Å². The molecule has 2 heterocycles. The first-order valence-electron chi connectivity index (χ1n) is 7.76. The molecule has 0 saturated carbocycles. The molecule has 1 unspecified atom stereocenters. The molecule has 0 radical (unpaired) electrons. The van der Waals surface area contributed by atoms with Crippen molar-refractivity contribution < 1.29 is 4.74 Å². The molecule has 0 spiro atoms. The van der Waals surface area contributed by atoms with Crippen LogP contribution in [0.5, 0.6) is 5.75 Å². The molecule has 1 aromatic carbocycles. The number of hydrogen-bond donors (Lipinski definition) is 1. The molecule has 4 heteroatoms. The number of rotatable bonds is 5. The van der Waals surface area contributed by atoms with E-state index in [1.54, 1.807) is 0 Å². The molecule has 112 valence electrons. The topological polar surface area (TPSA) is 39.1 Å². The maximum atomic E-state index is 5.83. The Hall–Kier alpha value is -1.81. The highest BCUT2D eigenvalue weighted by Crippen LogP contribution is 2.22. The fraction of sp³-hybridized carbons (Fsp3) is 0.471. The minimum atomic E-state index is 0.445. The summed E-state index contributed by atoms with van der Waals surface area (Å²) in [5.74, 6) is 0.937. The Bertz CT molecular complexity index is 573. The van der Waals surface area contributed by atoms with Crippen LogP contribution in [-0.2, 0) is 6.54 Å². The summed E-state index contributed by atoms with van der Waals surface area (Å²) in [4.78, 5) is 4.30. The Balaban J connectivity index is 1.57. The van der Waals surface area contributed by atoms with E-state index in [1.165, 1.54) is 30.5 Å². The largest absolute Gasteiger partial charge is 0.492 e. The van der Waals surface area contributed by atoms with E-state index in [-0.39, 0.29) is 0 Å². The molecule has 1 N–H and O–H groups in total. The number of imidazole rings is 1. The van der Waals surface area contributed by atoms with E-state index in [0.717, 1.165) is 18.8 Å². The average Bonchev–Trinajstić information content (AvgIpc) is 2.97. The van der Waals surface area contributed by atoms with Gasteiger partial charge in [-0.25, -0.2) is 4.98 Å². The van der Waals surface area contributed by atoms with Gasteiger partial charge in [0.05, 0.1) is 18.6 Å². The Morgan fingerprint density at radius 2 is 2.33 bits per heavy atom. The SMILES string of the molecule is Cc1cccc(OCCn2cncc2C2CCCCN2)c1. The van der Waals surface area contributed by atoms with Crippen molar-refractivity contribution >= 4 is 0 Å². The van der Waals surface area contributed by atoms with E-state index in [9.17, 15) is 0 Å². The summed E-state index contributed by atoms with van der Waals surface area (Å²) < 4.78 is 8.04. The summed E-state index contributed by atoms with van der Waals surface area (Å²) in [7, 11) is 0. The van der Waals surface area contributed by atoms with Crippen LogP contribution >= 0.6 is 0 Å². The van der Waals surface area contributed by atoms with E-state index in [0.29, 0.717) is 12.6 Å². The van der Waals surface area contributed by atoms with Crippen LogP contribution in [0.15, 0.2) is 36.8 Å². The predicted octanol–water partition coefficient (Wildman–Crippen LogP) is 3.09. The van der Waals surface area contributed by atoms with Crippen molar-refractivity contribution in [3.05, 3.63) is 48.0 Å². The van der Waals surface area contributed by atoms with E-state index in [2.05, 4.69) is 33.9 Å². The molecule has 21 heavy (non-hydrogen) atoms. The molecule has 2 aromatic rings. The lowest BCUT2D eigenvalue weighted by molar-refractivity contribution is 0.291. The third kappa shape index (κ3) is 3.64. The lowest BCUT2D eigenvalue weighted by atomic mass is 10.0. The van der Waals surface area contributed by atoms with Crippen LogP contribution in [0.3, 0.4) is 0 Å². The Morgan fingerprint density at radius 3 is 3.14 bits per heavy atom. The maximum absolute atomic E-state index is 5.83. The molecular weight excluding hydrogens is 262 g/mol. The zero-order valence-electron chi connectivity index (χ0n) is 12.6. The zero-order valence-corrected chi connectivity index (χ0v) is 12.6. The van der Waals surface area contributed by atoms with E-state index in [4.69, 9.17) is 4.74 Å². The number of benzene rings is 1. The first-order chi connectivity index (χ1) is 10.3. The van der Waals surface area contributed by atoms with Crippen LogP contribution in [0.25, 0.3) is 0 Å². The first kappa shape index (κ1) is 14.1. The molecule has 0 bridgehead atoms. The molecule has 1 atom stereocenters. The Kier molecular flexibility index (Phi) is 4.55. The van der Waals surface area contributed by atoms with Gasteiger partial charge in [0, 0.05) is 12.2 Å². The van der Waals surface area contributed by atoms with Crippen molar-refractivity contribution in [1.29, 1.82) is 0 Å². The lowest BCUT2D eigenvalue weighted by Gasteiger charge is -2.24. The van der Waals surface area contributed by atoms with Gasteiger partial charge >= 0.3 is 0 Å². The highest BCUT2D eigenvalue weighted by Gasteiger charge is 2.18. The van der Waals surface area contributed by atoms with Crippen molar-refractivity contribution in [2.75, 3.05) is 13.2 Å². The first-order valence-corrected chi connectivity index (χ1v) is 7.76. The second kappa shape index (κ2) is 6.76. The van der Waals surface area contributed by atoms with Gasteiger partial charge in [0.2, 0.25) is 0 Å². The Morgan fingerprint density at radius 1 is 1.38 bits per heavy atom. The molecule has 1 aliphatic heterocycles. The molecule has 0 amide bonds. The van der Waals surface area contributed by atoms with Crippen molar-refractivity contribution in [3.63, 3.8) is 0 Å². The summed E-state index contributed by atoms with van der Waals surface area (Å²) >= 11 is 0. The summed E-state index contributed by atoms with van der Waals surface area (Å²) in [6.07, 6.45) is 7.66. The second-order valence-electron chi connectivity index (χ2n) is 5.68. The van der Waals surface area contributed by atoms with Crippen molar-refractivity contribution in [1.82, 2.24) is 14.9 Å². The van der Waals surface area contributed by atoms with Crippen molar-refractivity contribution in [2.45, 2.75) is 38.8 Å². The number of aromatic nitrogens is 2. The number of hydrogen-bond acceptors (Lipinski definition) is 3. The highest BCUT2D eigenvalue weighted by molar-refractivity contribution is 5.27. The lowest BCUT2D eigenvalue weighted by Crippen LogP contribution is -2.29. The normalized spacial score (nSPS) is 18.6. The van der Waals surface area contributed by atoms with Crippen molar-refractivity contribution in [2.24, 2.45) is 0 Å². The fourth-order valence-electron chi connectivity index (χ4n) is 2.88. The van der Waals surface area contributed by atoms with Crippen LogP contribution in [0.1, 0.15) is 36.6 Å². The van der Waals surface area contributed by atoms with Crippen LogP contribution in [0, 0.1) is 6.92 Å². The molecule has 1 saturated heterocycles. The third-order valence-corrected chi connectivity index (χ3v) is 4.00. The molecule has 1 fully saturated rings. The molecule has 1 aromatic heterocycles. The zero-order chi connectivity index (χ0) is 14.5. The molecule has 4 nitrogen and oxygen atoms in total. The summed E-state index contributed by atoms with van der Waals surface area (Å²) in [6.45, 7) is 4.69. The minimum absolute atomic E-state index is 0.445. The number of piperidine rings is 1. The van der Waals surface area contributed by atoms with Gasteiger partial charge in [-0.3, -0.25) is 0 Å².